The number of rotatable bonds is 6. The molecule has 4 rings (SSSR count). The Morgan fingerprint density at radius 1 is 1.09 bits per heavy atom. The summed E-state index contributed by atoms with van der Waals surface area (Å²) in [6.45, 7) is 5.25. The van der Waals surface area contributed by atoms with E-state index in [4.69, 9.17) is 4.74 Å². The summed E-state index contributed by atoms with van der Waals surface area (Å²) in [5, 5.41) is 2.26. The first kappa shape index (κ1) is 22.5. The number of hydrogen-bond donors (Lipinski definition) is 0. The number of nitrogens with zero attached hydrogens (tertiary/aromatic N) is 4. The van der Waals surface area contributed by atoms with Gasteiger partial charge in [-0.15, -0.1) is 11.3 Å². The van der Waals surface area contributed by atoms with Crippen LogP contribution in [0, 0.1) is 13.8 Å². The average molecular weight is 465 g/mol. The lowest BCUT2D eigenvalue weighted by molar-refractivity contribution is -0.145. The Bertz CT molecular complexity index is 1420. The molecule has 4 aromatic rings. The van der Waals surface area contributed by atoms with Crippen LogP contribution < -0.4 is 10.6 Å². The molecule has 0 saturated heterocycles. The second kappa shape index (κ2) is 9.03. The minimum atomic E-state index is -0.541. The third-order valence-corrected chi connectivity index (χ3v) is 6.39. The number of aromatic nitrogens is 3. The number of ether oxygens (including phenoxy) is 1. The summed E-state index contributed by atoms with van der Waals surface area (Å²) in [7, 11) is 1.67. The number of fused-ring (bicyclic) bond motifs is 1. The number of carbonyl (C=O) groups excluding carboxylic acids is 2. The SMILES string of the molecule is CC(=O)N(c1ccc(C)c(C)c1)c1nc(COC(=O)Cn2c(=O)n(C)c3ccccc32)cs1. The standard InChI is InChI=1S/C24H24N4O4S/c1-15-9-10-19(11-16(15)2)28(17(3)29)23-25-18(14-33-23)13-32-22(30)12-27-21-8-6-5-7-20(21)26(4)24(27)31/h5-11,14H,12-13H2,1-4H3. The van der Waals surface area contributed by atoms with Crippen molar-refractivity contribution in [2.45, 2.75) is 33.9 Å². The number of imidazole rings is 1. The largest absolute Gasteiger partial charge is 0.458 e. The summed E-state index contributed by atoms with van der Waals surface area (Å²) in [6.07, 6.45) is 0. The Kier molecular flexibility index (Phi) is 6.15. The van der Waals surface area contributed by atoms with Crippen molar-refractivity contribution in [1.29, 1.82) is 0 Å². The summed E-state index contributed by atoms with van der Waals surface area (Å²) in [5.74, 6) is -0.702. The van der Waals surface area contributed by atoms with Gasteiger partial charge in [0.2, 0.25) is 5.91 Å². The van der Waals surface area contributed by atoms with Gasteiger partial charge in [0.1, 0.15) is 13.2 Å². The average Bonchev–Trinajstić information content (AvgIpc) is 3.34. The minimum absolute atomic E-state index is 0.0481. The molecule has 2 aromatic carbocycles. The first-order chi connectivity index (χ1) is 15.8. The highest BCUT2D eigenvalue weighted by Gasteiger charge is 2.19. The van der Waals surface area contributed by atoms with Crippen molar-refractivity contribution in [1.82, 2.24) is 14.1 Å². The van der Waals surface area contributed by atoms with Crippen LogP contribution in [0.1, 0.15) is 23.7 Å². The van der Waals surface area contributed by atoms with Crippen molar-refractivity contribution < 1.29 is 14.3 Å². The van der Waals surface area contributed by atoms with Crippen LogP contribution in [0.15, 0.2) is 52.6 Å². The number of benzene rings is 2. The fourth-order valence-corrected chi connectivity index (χ4v) is 4.47. The van der Waals surface area contributed by atoms with Crippen LogP contribution in [0.5, 0.6) is 0 Å². The Labute approximate surface area is 194 Å². The summed E-state index contributed by atoms with van der Waals surface area (Å²) < 4.78 is 8.26. The van der Waals surface area contributed by atoms with Crippen LogP contribution >= 0.6 is 11.3 Å². The van der Waals surface area contributed by atoms with Crippen molar-refractivity contribution >= 4 is 45.1 Å². The van der Waals surface area contributed by atoms with Gasteiger partial charge in [0.25, 0.3) is 0 Å². The monoisotopic (exact) mass is 464 g/mol. The van der Waals surface area contributed by atoms with E-state index in [2.05, 4.69) is 4.98 Å². The molecule has 0 bridgehead atoms. The number of thiazole rings is 1. The van der Waals surface area contributed by atoms with E-state index in [0.717, 1.165) is 22.3 Å². The second-order valence-electron chi connectivity index (χ2n) is 7.82. The summed E-state index contributed by atoms with van der Waals surface area (Å²) in [5.41, 5.74) is 4.61. The zero-order chi connectivity index (χ0) is 23.7. The predicted molar refractivity (Wildman–Crippen MR) is 128 cm³/mol. The Morgan fingerprint density at radius 2 is 1.82 bits per heavy atom. The molecule has 9 heteroatoms. The van der Waals surface area contributed by atoms with Gasteiger partial charge in [0.15, 0.2) is 5.13 Å². The van der Waals surface area contributed by atoms with E-state index < -0.39 is 5.97 Å². The van der Waals surface area contributed by atoms with Crippen LogP contribution in [0.25, 0.3) is 11.0 Å². The quantitative estimate of drug-likeness (QED) is 0.405. The second-order valence-corrected chi connectivity index (χ2v) is 8.66. The normalized spacial score (nSPS) is 11.0. The minimum Gasteiger partial charge on any atom is -0.458 e. The van der Waals surface area contributed by atoms with E-state index in [1.54, 1.807) is 18.5 Å². The van der Waals surface area contributed by atoms with Crippen molar-refractivity contribution in [3.05, 3.63) is 75.1 Å². The topological polar surface area (TPSA) is 86.4 Å². The lowest BCUT2D eigenvalue weighted by atomic mass is 10.1. The molecular weight excluding hydrogens is 440 g/mol. The summed E-state index contributed by atoms with van der Waals surface area (Å²) >= 11 is 1.30. The highest BCUT2D eigenvalue weighted by molar-refractivity contribution is 7.14. The number of para-hydroxylation sites is 2. The maximum Gasteiger partial charge on any atom is 0.329 e. The molecule has 0 atom stereocenters. The molecule has 170 valence electrons. The molecule has 2 aromatic heterocycles. The molecule has 1 amide bonds. The molecule has 0 radical (unpaired) electrons. The molecule has 8 nitrogen and oxygen atoms in total. The number of aryl methyl sites for hydroxylation is 3. The van der Waals surface area contributed by atoms with E-state index in [1.165, 1.54) is 32.3 Å². The number of amides is 1. The molecule has 33 heavy (non-hydrogen) atoms. The molecule has 0 aliphatic heterocycles. The Hall–Kier alpha value is -3.72. The first-order valence-electron chi connectivity index (χ1n) is 10.4. The van der Waals surface area contributed by atoms with Gasteiger partial charge < -0.3 is 4.74 Å². The molecule has 0 spiro atoms. The molecule has 2 heterocycles. The van der Waals surface area contributed by atoms with E-state index in [0.29, 0.717) is 16.3 Å². The van der Waals surface area contributed by atoms with E-state index in [9.17, 15) is 14.4 Å². The zero-order valence-corrected chi connectivity index (χ0v) is 19.7. The predicted octanol–water partition coefficient (Wildman–Crippen LogP) is 3.84. The van der Waals surface area contributed by atoms with E-state index in [-0.39, 0.29) is 24.7 Å². The van der Waals surface area contributed by atoms with Gasteiger partial charge in [0, 0.05) is 19.4 Å². The van der Waals surface area contributed by atoms with Crippen molar-refractivity contribution in [2.75, 3.05) is 4.90 Å². The molecule has 0 N–H and O–H groups in total. The summed E-state index contributed by atoms with van der Waals surface area (Å²) in [4.78, 5) is 43.3. The fraction of sp³-hybridized carbons (Fsp3) is 0.250. The molecule has 0 fully saturated rings. The van der Waals surface area contributed by atoms with Gasteiger partial charge in [-0.3, -0.25) is 23.6 Å². The Morgan fingerprint density at radius 3 is 2.52 bits per heavy atom. The third kappa shape index (κ3) is 4.45. The van der Waals surface area contributed by atoms with Gasteiger partial charge in [-0.05, 0) is 49.2 Å². The zero-order valence-electron chi connectivity index (χ0n) is 18.9. The van der Waals surface area contributed by atoms with Gasteiger partial charge in [-0.1, -0.05) is 18.2 Å². The van der Waals surface area contributed by atoms with Crippen LogP contribution in [0.4, 0.5) is 10.8 Å². The fourth-order valence-electron chi connectivity index (χ4n) is 3.60. The van der Waals surface area contributed by atoms with Gasteiger partial charge in [-0.25, -0.2) is 9.78 Å². The third-order valence-electron chi connectivity index (χ3n) is 5.51. The number of carbonyl (C=O) groups is 2. The summed E-state index contributed by atoms with van der Waals surface area (Å²) in [6, 6.07) is 13.1. The van der Waals surface area contributed by atoms with Gasteiger partial charge >= 0.3 is 11.7 Å². The van der Waals surface area contributed by atoms with Crippen molar-refractivity contribution in [3.63, 3.8) is 0 Å². The lowest BCUT2D eigenvalue weighted by Gasteiger charge is -2.19. The number of esters is 1. The van der Waals surface area contributed by atoms with Crippen LogP contribution in [0.2, 0.25) is 0 Å². The molecule has 0 saturated carbocycles. The maximum absolute atomic E-state index is 12.5. The van der Waals surface area contributed by atoms with Crippen molar-refractivity contribution in [3.8, 4) is 0 Å². The van der Waals surface area contributed by atoms with E-state index >= 15 is 0 Å². The van der Waals surface area contributed by atoms with Crippen LogP contribution in [0.3, 0.4) is 0 Å². The molecule has 0 aliphatic carbocycles. The molecule has 0 aliphatic rings. The first-order valence-corrected chi connectivity index (χ1v) is 11.3. The Balaban J connectivity index is 1.47. The lowest BCUT2D eigenvalue weighted by Crippen LogP contribution is -2.26. The molecular formula is C24H24N4O4S. The number of hydrogen-bond acceptors (Lipinski definition) is 6. The van der Waals surface area contributed by atoms with Gasteiger partial charge in [-0.2, -0.15) is 0 Å². The highest BCUT2D eigenvalue weighted by atomic mass is 32.1. The van der Waals surface area contributed by atoms with Gasteiger partial charge in [0.05, 0.1) is 22.4 Å². The van der Waals surface area contributed by atoms with Crippen LogP contribution in [-0.2, 0) is 34.5 Å². The smallest absolute Gasteiger partial charge is 0.329 e. The maximum atomic E-state index is 12.5. The van der Waals surface area contributed by atoms with Crippen LogP contribution in [-0.4, -0.2) is 26.0 Å². The highest BCUT2D eigenvalue weighted by Crippen LogP contribution is 2.30. The number of anilines is 2. The van der Waals surface area contributed by atoms with E-state index in [1.807, 2.05) is 50.2 Å². The molecule has 0 unspecified atom stereocenters. The van der Waals surface area contributed by atoms with Crippen molar-refractivity contribution in [2.24, 2.45) is 7.05 Å².